The number of hydrogen-bond donors (Lipinski definition) is 0. The van der Waals surface area contributed by atoms with Gasteiger partial charge in [-0.2, -0.15) is 10.4 Å². The van der Waals surface area contributed by atoms with Crippen LogP contribution < -0.4 is 0 Å². The van der Waals surface area contributed by atoms with Gasteiger partial charge in [0.25, 0.3) is 0 Å². The van der Waals surface area contributed by atoms with Gasteiger partial charge in [0.1, 0.15) is 0 Å². The lowest BCUT2D eigenvalue weighted by molar-refractivity contribution is -0.0408. The van der Waals surface area contributed by atoms with E-state index in [0.717, 1.165) is 31.0 Å². The van der Waals surface area contributed by atoms with Gasteiger partial charge in [-0.15, -0.1) is 0 Å². The molecule has 2 aromatic rings. The van der Waals surface area contributed by atoms with Crippen molar-refractivity contribution in [2.75, 3.05) is 13.2 Å². The summed E-state index contributed by atoms with van der Waals surface area (Å²) in [7, 11) is 0. The predicted octanol–water partition coefficient (Wildman–Crippen LogP) is 2.72. The number of nitrogens with zero attached hydrogens (tertiary/aromatic N) is 3. The highest BCUT2D eigenvalue weighted by Crippen LogP contribution is 2.25. The highest BCUT2D eigenvalue weighted by molar-refractivity contribution is 6.30. The van der Waals surface area contributed by atoms with E-state index in [9.17, 15) is 0 Å². The summed E-state index contributed by atoms with van der Waals surface area (Å²) < 4.78 is 7.04. The van der Waals surface area contributed by atoms with Crippen LogP contribution in [0.15, 0.2) is 30.5 Å². The largest absolute Gasteiger partial charge is 0.381 e. The van der Waals surface area contributed by atoms with Crippen LogP contribution >= 0.6 is 11.6 Å². The summed E-state index contributed by atoms with van der Waals surface area (Å²) in [6.45, 7) is 2.45. The molecule has 5 heteroatoms. The van der Waals surface area contributed by atoms with Crippen molar-refractivity contribution >= 4 is 11.6 Å². The highest BCUT2D eigenvalue weighted by atomic mass is 35.5. The topological polar surface area (TPSA) is 50.8 Å². The minimum Gasteiger partial charge on any atom is -0.381 e. The second-order valence-corrected chi connectivity index (χ2v) is 5.06. The number of nitriles is 1. The van der Waals surface area contributed by atoms with Crippen LogP contribution in [0.4, 0.5) is 0 Å². The van der Waals surface area contributed by atoms with Gasteiger partial charge >= 0.3 is 0 Å². The van der Waals surface area contributed by atoms with Crippen molar-refractivity contribution < 1.29 is 4.74 Å². The molecule has 1 aromatic heterocycles. The summed E-state index contributed by atoms with van der Waals surface area (Å²) >= 11 is 5.99. The van der Waals surface area contributed by atoms with Crippen molar-refractivity contribution in [1.82, 2.24) is 9.78 Å². The SMILES string of the molecule is N#Cc1ccc(Cl)cc1-c1ccn(CC2COC2)n1. The Labute approximate surface area is 116 Å². The van der Waals surface area contributed by atoms with E-state index in [1.54, 1.807) is 18.2 Å². The molecule has 4 nitrogen and oxygen atoms in total. The molecule has 0 radical (unpaired) electrons. The first-order valence-corrected chi connectivity index (χ1v) is 6.45. The van der Waals surface area contributed by atoms with Crippen LogP contribution in [0.5, 0.6) is 0 Å². The molecule has 0 amide bonds. The molecule has 0 N–H and O–H groups in total. The maximum absolute atomic E-state index is 9.13. The Bertz CT molecular complexity index is 640. The summed E-state index contributed by atoms with van der Waals surface area (Å²) in [4.78, 5) is 0. The summed E-state index contributed by atoms with van der Waals surface area (Å²) in [5.74, 6) is 0.544. The molecule has 0 atom stereocenters. The molecule has 0 aliphatic carbocycles. The number of ether oxygens (including phenoxy) is 1. The predicted molar refractivity (Wildman–Crippen MR) is 71.7 cm³/mol. The van der Waals surface area contributed by atoms with Gasteiger partial charge in [0.2, 0.25) is 0 Å². The summed E-state index contributed by atoms with van der Waals surface area (Å²) in [6.07, 6.45) is 1.93. The zero-order chi connectivity index (χ0) is 13.2. The fourth-order valence-electron chi connectivity index (χ4n) is 2.09. The van der Waals surface area contributed by atoms with Gasteiger partial charge in [0, 0.05) is 29.2 Å². The molecular formula is C14H12ClN3O. The molecule has 0 unspecified atom stereocenters. The third-order valence-electron chi connectivity index (χ3n) is 3.17. The lowest BCUT2D eigenvalue weighted by Crippen LogP contribution is -2.31. The summed E-state index contributed by atoms with van der Waals surface area (Å²) in [6, 6.07) is 9.28. The first kappa shape index (κ1) is 12.2. The number of hydrogen-bond acceptors (Lipinski definition) is 3. The van der Waals surface area contributed by atoms with Gasteiger partial charge in [-0.1, -0.05) is 11.6 Å². The zero-order valence-corrected chi connectivity index (χ0v) is 11.0. The maximum Gasteiger partial charge on any atom is 0.0998 e. The second kappa shape index (κ2) is 5.04. The van der Waals surface area contributed by atoms with Gasteiger partial charge in [-0.05, 0) is 24.3 Å². The van der Waals surface area contributed by atoms with Crippen molar-refractivity contribution in [1.29, 1.82) is 5.26 Å². The van der Waals surface area contributed by atoms with Crippen LogP contribution in [0.3, 0.4) is 0 Å². The van der Waals surface area contributed by atoms with Gasteiger partial charge in [-0.3, -0.25) is 4.68 Å². The standard InChI is InChI=1S/C14H12ClN3O/c15-12-2-1-11(6-16)13(5-12)14-3-4-18(17-14)7-10-8-19-9-10/h1-5,10H,7-9H2. The smallest absolute Gasteiger partial charge is 0.0998 e. The van der Waals surface area contributed by atoms with Crippen LogP contribution in [-0.2, 0) is 11.3 Å². The Morgan fingerprint density at radius 1 is 1.42 bits per heavy atom. The molecular weight excluding hydrogens is 262 g/mol. The van der Waals surface area contributed by atoms with Crippen LogP contribution in [0.2, 0.25) is 5.02 Å². The Morgan fingerprint density at radius 3 is 2.95 bits per heavy atom. The van der Waals surface area contributed by atoms with Crippen LogP contribution in [0.1, 0.15) is 5.56 Å². The van der Waals surface area contributed by atoms with Crippen LogP contribution in [-0.4, -0.2) is 23.0 Å². The van der Waals surface area contributed by atoms with E-state index in [2.05, 4.69) is 11.2 Å². The third-order valence-corrected chi connectivity index (χ3v) is 3.41. The van der Waals surface area contributed by atoms with Gasteiger partial charge < -0.3 is 4.74 Å². The van der Waals surface area contributed by atoms with Crippen LogP contribution in [0, 0.1) is 17.2 Å². The Kier molecular flexibility index (Phi) is 3.24. The van der Waals surface area contributed by atoms with Crippen molar-refractivity contribution in [2.45, 2.75) is 6.54 Å². The molecule has 1 saturated heterocycles. The molecule has 1 fully saturated rings. The zero-order valence-electron chi connectivity index (χ0n) is 10.2. The molecule has 3 rings (SSSR count). The molecule has 96 valence electrons. The van der Waals surface area contributed by atoms with Crippen LogP contribution in [0.25, 0.3) is 11.3 Å². The number of halogens is 1. The quantitative estimate of drug-likeness (QED) is 0.864. The fraction of sp³-hybridized carbons (Fsp3) is 0.286. The average Bonchev–Trinajstić information content (AvgIpc) is 2.82. The Hall–Kier alpha value is -1.83. The first-order chi connectivity index (χ1) is 9.26. The second-order valence-electron chi connectivity index (χ2n) is 4.63. The first-order valence-electron chi connectivity index (χ1n) is 6.07. The molecule has 19 heavy (non-hydrogen) atoms. The molecule has 1 aromatic carbocycles. The average molecular weight is 274 g/mol. The minimum absolute atomic E-state index is 0.544. The molecule has 0 saturated carbocycles. The molecule has 0 spiro atoms. The van der Waals surface area contributed by atoms with Crippen molar-refractivity contribution in [2.24, 2.45) is 5.92 Å². The molecule has 1 aliphatic heterocycles. The van der Waals surface area contributed by atoms with E-state index < -0.39 is 0 Å². The molecule has 0 bridgehead atoms. The molecule has 1 aliphatic rings. The van der Waals surface area contributed by atoms with Crippen molar-refractivity contribution in [3.63, 3.8) is 0 Å². The van der Waals surface area contributed by atoms with Gasteiger partial charge in [0.15, 0.2) is 0 Å². The maximum atomic E-state index is 9.13. The number of aromatic nitrogens is 2. The fourth-order valence-corrected chi connectivity index (χ4v) is 2.26. The van der Waals surface area contributed by atoms with Crippen molar-refractivity contribution in [3.05, 3.63) is 41.0 Å². The van der Waals surface area contributed by atoms with E-state index >= 15 is 0 Å². The van der Waals surface area contributed by atoms with E-state index in [0.29, 0.717) is 16.5 Å². The highest BCUT2D eigenvalue weighted by Gasteiger charge is 2.19. The Balaban J connectivity index is 1.89. The van der Waals surface area contributed by atoms with Gasteiger partial charge in [0.05, 0.1) is 30.5 Å². The normalized spacial score (nSPS) is 14.9. The third kappa shape index (κ3) is 2.48. The lowest BCUT2D eigenvalue weighted by atomic mass is 10.1. The number of benzene rings is 1. The van der Waals surface area contributed by atoms with E-state index in [1.165, 1.54) is 0 Å². The summed E-state index contributed by atoms with van der Waals surface area (Å²) in [5, 5.41) is 14.2. The van der Waals surface area contributed by atoms with Gasteiger partial charge in [-0.25, -0.2) is 0 Å². The van der Waals surface area contributed by atoms with E-state index in [4.69, 9.17) is 21.6 Å². The lowest BCUT2D eigenvalue weighted by Gasteiger charge is -2.25. The van der Waals surface area contributed by atoms with E-state index in [1.807, 2.05) is 16.9 Å². The van der Waals surface area contributed by atoms with E-state index in [-0.39, 0.29) is 0 Å². The monoisotopic (exact) mass is 273 g/mol. The van der Waals surface area contributed by atoms with Crippen molar-refractivity contribution in [3.8, 4) is 17.3 Å². The number of rotatable bonds is 3. The summed E-state index contributed by atoms with van der Waals surface area (Å²) in [5.41, 5.74) is 2.14. The minimum atomic E-state index is 0.544. The molecule has 2 heterocycles. The Morgan fingerprint density at radius 2 is 2.26 bits per heavy atom.